The normalized spacial score (nSPS) is 26.5. The van der Waals surface area contributed by atoms with Gasteiger partial charge in [-0.2, -0.15) is 0 Å². The van der Waals surface area contributed by atoms with Gasteiger partial charge < -0.3 is 24.0 Å². The first-order chi connectivity index (χ1) is 16.3. The van der Waals surface area contributed by atoms with Crippen LogP contribution in [0.3, 0.4) is 0 Å². The zero-order valence-corrected chi connectivity index (χ0v) is 20.7. The summed E-state index contributed by atoms with van der Waals surface area (Å²) in [6.45, 7) is 11.8. The lowest BCUT2D eigenvalue weighted by Gasteiger charge is -2.47. The lowest BCUT2D eigenvalue weighted by Crippen LogP contribution is -2.51. The van der Waals surface area contributed by atoms with Crippen molar-refractivity contribution in [2.45, 2.75) is 77.0 Å². The first kappa shape index (κ1) is 23.4. The first-order valence-corrected chi connectivity index (χ1v) is 12.6. The molecule has 0 aliphatic carbocycles. The number of hydrogen-bond acceptors (Lipinski definition) is 6. The molecule has 2 fully saturated rings. The molecule has 4 heterocycles. The molecular formula is C27H36FN3O3. The topological polar surface area (TPSA) is 47.1 Å². The molecule has 0 bridgehead atoms. The minimum absolute atomic E-state index is 0.0662. The average molecular weight is 470 g/mol. The lowest BCUT2D eigenvalue weighted by molar-refractivity contribution is -0.0775. The molecule has 6 nitrogen and oxygen atoms in total. The molecule has 7 heteroatoms. The Morgan fingerprint density at radius 3 is 2.44 bits per heavy atom. The predicted molar refractivity (Wildman–Crippen MR) is 131 cm³/mol. The predicted octanol–water partition coefficient (Wildman–Crippen LogP) is 5.12. The van der Waals surface area contributed by atoms with Gasteiger partial charge in [0, 0.05) is 51.0 Å². The van der Waals surface area contributed by atoms with E-state index >= 15 is 0 Å². The van der Waals surface area contributed by atoms with Crippen molar-refractivity contribution in [3.05, 3.63) is 47.9 Å². The van der Waals surface area contributed by atoms with Crippen LogP contribution in [0.4, 0.5) is 15.9 Å². The Balaban J connectivity index is 1.26. The summed E-state index contributed by atoms with van der Waals surface area (Å²) in [7, 11) is 0. The van der Waals surface area contributed by atoms with Crippen molar-refractivity contribution in [1.29, 1.82) is 0 Å². The summed E-state index contributed by atoms with van der Waals surface area (Å²) in [6.07, 6.45) is 4.85. The number of halogens is 1. The van der Waals surface area contributed by atoms with Crippen LogP contribution in [-0.2, 0) is 9.47 Å². The van der Waals surface area contributed by atoms with Crippen molar-refractivity contribution in [1.82, 2.24) is 4.98 Å². The molecule has 2 aromatic rings. The molecule has 3 aliphatic heterocycles. The van der Waals surface area contributed by atoms with Crippen LogP contribution in [0.5, 0.6) is 5.75 Å². The maximum atomic E-state index is 13.9. The second-order valence-electron chi connectivity index (χ2n) is 10.4. The standard InChI is InChI=1S/C27H36FN3O3/c1-18(2)32-25-14-27(34-24-7-5-21(28)13-23(24)25)9-11-30(12-10-27)26-8-6-22(15-29-26)31-16-19(3)33-20(4)17-31/h5-8,13,15,18-20,25H,9-12,14,16-17H2,1-4H3/t19?,20?,25-/m1/s1. The third-order valence-corrected chi connectivity index (χ3v) is 7.15. The molecule has 2 unspecified atom stereocenters. The smallest absolute Gasteiger partial charge is 0.128 e. The van der Waals surface area contributed by atoms with Gasteiger partial charge in [-0.3, -0.25) is 0 Å². The van der Waals surface area contributed by atoms with Gasteiger partial charge in [0.15, 0.2) is 0 Å². The molecule has 2 saturated heterocycles. The number of benzene rings is 1. The van der Waals surface area contributed by atoms with E-state index in [0.717, 1.165) is 68.3 Å². The summed E-state index contributed by atoms with van der Waals surface area (Å²) in [4.78, 5) is 9.49. The van der Waals surface area contributed by atoms with Gasteiger partial charge in [-0.15, -0.1) is 0 Å². The number of aromatic nitrogens is 1. The van der Waals surface area contributed by atoms with Crippen molar-refractivity contribution in [2.75, 3.05) is 36.0 Å². The number of ether oxygens (including phenoxy) is 3. The van der Waals surface area contributed by atoms with Crippen LogP contribution >= 0.6 is 0 Å². The molecular weight excluding hydrogens is 433 g/mol. The van der Waals surface area contributed by atoms with E-state index < -0.39 is 0 Å². The molecule has 34 heavy (non-hydrogen) atoms. The number of anilines is 2. The molecule has 0 radical (unpaired) electrons. The number of hydrogen-bond donors (Lipinski definition) is 0. The van der Waals surface area contributed by atoms with Gasteiger partial charge in [0.25, 0.3) is 0 Å². The molecule has 1 aromatic heterocycles. The monoisotopic (exact) mass is 469 g/mol. The van der Waals surface area contributed by atoms with Gasteiger partial charge in [0.1, 0.15) is 23.0 Å². The Morgan fingerprint density at radius 1 is 1.06 bits per heavy atom. The van der Waals surface area contributed by atoms with Gasteiger partial charge >= 0.3 is 0 Å². The Morgan fingerprint density at radius 2 is 1.79 bits per heavy atom. The van der Waals surface area contributed by atoms with Gasteiger partial charge in [-0.25, -0.2) is 9.37 Å². The van der Waals surface area contributed by atoms with Crippen molar-refractivity contribution >= 4 is 11.5 Å². The Hall–Kier alpha value is -2.38. The maximum Gasteiger partial charge on any atom is 0.128 e. The van der Waals surface area contributed by atoms with Crippen molar-refractivity contribution < 1.29 is 18.6 Å². The molecule has 184 valence electrons. The summed E-state index contributed by atoms with van der Waals surface area (Å²) in [5, 5.41) is 0. The van der Waals surface area contributed by atoms with E-state index in [4.69, 9.17) is 19.2 Å². The van der Waals surface area contributed by atoms with Crippen LogP contribution in [0.2, 0.25) is 0 Å². The largest absolute Gasteiger partial charge is 0.487 e. The average Bonchev–Trinajstić information content (AvgIpc) is 2.79. The maximum absolute atomic E-state index is 13.9. The van der Waals surface area contributed by atoms with E-state index in [1.54, 1.807) is 12.1 Å². The van der Waals surface area contributed by atoms with E-state index in [1.165, 1.54) is 6.07 Å². The summed E-state index contributed by atoms with van der Waals surface area (Å²) in [5.74, 6) is 1.51. The Kier molecular flexibility index (Phi) is 6.42. The molecule has 1 aromatic carbocycles. The van der Waals surface area contributed by atoms with E-state index in [-0.39, 0.29) is 35.8 Å². The highest BCUT2D eigenvalue weighted by molar-refractivity contribution is 5.51. The number of morpholine rings is 1. The number of pyridine rings is 1. The fourth-order valence-corrected chi connectivity index (χ4v) is 5.63. The second-order valence-corrected chi connectivity index (χ2v) is 10.4. The van der Waals surface area contributed by atoms with Crippen LogP contribution in [0.25, 0.3) is 0 Å². The summed E-state index contributed by atoms with van der Waals surface area (Å²) in [6, 6.07) is 9.09. The highest BCUT2D eigenvalue weighted by Crippen LogP contribution is 2.46. The second kappa shape index (κ2) is 9.34. The van der Waals surface area contributed by atoms with Gasteiger partial charge in [0.05, 0.1) is 36.3 Å². The fraction of sp³-hybridized carbons (Fsp3) is 0.593. The molecule has 0 amide bonds. The summed E-state index contributed by atoms with van der Waals surface area (Å²) >= 11 is 0. The number of piperidine rings is 1. The number of fused-ring (bicyclic) bond motifs is 1. The molecule has 3 aliphatic rings. The zero-order chi connectivity index (χ0) is 23.9. The molecule has 5 rings (SSSR count). The van der Waals surface area contributed by atoms with Crippen LogP contribution in [0, 0.1) is 5.82 Å². The fourth-order valence-electron chi connectivity index (χ4n) is 5.63. The Labute approximate surface area is 202 Å². The summed E-state index contributed by atoms with van der Waals surface area (Å²) in [5.41, 5.74) is 1.68. The molecule has 3 atom stereocenters. The van der Waals surface area contributed by atoms with E-state index in [0.29, 0.717) is 0 Å². The summed E-state index contributed by atoms with van der Waals surface area (Å²) < 4.78 is 32.5. The number of rotatable bonds is 4. The highest BCUT2D eigenvalue weighted by atomic mass is 19.1. The highest BCUT2D eigenvalue weighted by Gasteiger charge is 2.44. The Bertz CT molecular complexity index is 981. The molecule has 1 spiro atoms. The van der Waals surface area contributed by atoms with Crippen molar-refractivity contribution in [3.8, 4) is 5.75 Å². The lowest BCUT2D eigenvalue weighted by atomic mass is 9.81. The van der Waals surface area contributed by atoms with E-state index in [1.807, 2.05) is 20.0 Å². The minimum atomic E-state index is -0.291. The zero-order valence-electron chi connectivity index (χ0n) is 20.7. The van der Waals surface area contributed by atoms with Crippen molar-refractivity contribution in [3.63, 3.8) is 0 Å². The van der Waals surface area contributed by atoms with Crippen LogP contribution in [-0.4, -0.2) is 55.1 Å². The quantitative estimate of drug-likeness (QED) is 0.619. The third-order valence-electron chi connectivity index (χ3n) is 7.15. The number of nitrogens with zero attached hydrogens (tertiary/aromatic N) is 3. The third kappa shape index (κ3) is 4.86. The SMILES string of the molecule is CC(C)O[C@@H]1CC2(CCN(c3ccc(N4CC(C)OC(C)C4)cn3)CC2)Oc2ccc(F)cc21. The van der Waals surface area contributed by atoms with Gasteiger partial charge in [-0.05, 0) is 58.0 Å². The minimum Gasteiger partial charge on any atom is -0.487 e. The van der Waals surface area contributed by atoms with Gasteiger partial charge in [-0.1, -0.05) is 0 Å². The molecule has 0 N–H and O–H groups in total. The van der Waals surface area contributed by atoms with E-state index in [2.05, 4.69) is 35.8 Å². The van der Waals surface area contributed by atoms with Crippen LogP contribution in [0.15, 0.2) is 36.5 Å². The van der Waals surface area contributed by atoms with Crippen LogP contribution in [0.1, 0.15) is 58.6 Å². The van der Waals surface area contributed by atoms with Gasteiger partial charge in [0.2, 0.25) is 0 Å². The first-order valence-electron chi connectivity index (χ1n) is 12.6. The van der Waals surface area contributed by atoms with E-state index in [9.17, 15) is 4.39 Å². The van der Waals surface area contributed by atoms with Crippen molar-refractivity contribution in [2.24, 2.45) is 0 Å². The molecule has 0 saturated carbocycles. The van der Waals surface area contributed by atoms with Crippen LogP contribution < -0.4 is 14.5 Å².